The number of hydrogen-bond donors (Lipinski definition) is 1. The van der Waals surface area contributed by atoms with Crippen molar-refractivity contribution in [2.24, 2.45) is 0 Å². The molecule has 1 N–H and O–H groups in total. The van der Waals surface area contributed by atoms with Crippen molar-refractivity contribution in [2.75, 3.05) is 18.1 Å². The van der Waals surface area contributed by atoms with E-state index in [1.54, 1.807) is 25.1 Å². The highest BCUT2D eigenvalue weighted by atomic mass is 16.5. The maximum absolute atomic E-state index is 12.9. The van der Waals surface area contributed by atoms with Gasteiger partial charge in [0.2, 0.25) is 5.91 Å². The van der Waals surface area contributed by atoms with Crippen LogP contribution in [0.25, 0.3) is 0 Å². The zero-order valence-electron chi connectivity index (χ0n) is 20.0. The Morgan fingerprint density at radius 1 is 1.06 bits per heavy atom. The molecule has 180 valence electrons. The van der Waals surface area contributed by atoms with E-state index in [4.69, 9.17) is 9.47 Å². The summed E-state index contributed by atoms with van der Waals surface area (Å²) in [6.07, 6.45) is 0. The average molecular weight is 473 g/mol. The number of fused-ring (bicyclic) bond motifs is 1. The number of aryl methyl sites for hydroxylation is 2. The third-order valence-corrected chi connectivity index (χ3v) is 5.93. The Balaban J connectivity index is 1.49. The molecule has 0 aliphatic carbocycles. The van der Waals surface area contributed by atoms with Crippen LogP contribution in [0.1, 0.15) is 34.0 Å². The lowest BCUT2D eigenvalue weighted by molar-refractivity contribution is -0.127. The van der Waals surface area contributed by atoms with Gasteiger partial charge in [0.05, 0.1) is 5.69 Å². The van der Waals surface area contributed by atoms with Gasteiger partial charge < -0.3 is 14.8 Å². The van der Waals surface area contributed by atoms with E-state index in [0.717, 1.165) is 16.7 Å². The largest absolute Gasteiger partial charge is 0.485 e. The number of carbonyl (C=O) groups excluding carboxylic acids is 3. The van der Waals surface area contributed by atoms with E-state index in [9.17, 15) is 14.4 Å². The van der Waals surface area contributed by atoms with Crippen molar-refractivity contribution in [2.45, 2.75) is 33.4 Å². The van der Waals surface area contributed by atoms with E-state index in [2.05, 4.69) is 5.32 Å². The number of nitrogens with one attached hydrogen (secondary N) is 1. The fraction of sp³-hybridized carbons (Fsp3) is 0.250. The van der Waals surface area contributed by atoms with Gasteiger partial charge in [0.25, 0.3) is 5.91 Å². The molecule has 1 atom stereocenters. The van der Waals surface area contributed by atoms with Crippen molar-refractivity contribution < 1.29 is 23.9 Å². The van der Waals surface area contributed by atoms with Gasteiger partial charge in [-0.05, 0) is 56.2 Å². The zero-order valence-corrected chi connectivity index (χ0v) is 20.0. The summed E-state index contributed by atoms with van der Waals surface area (Å²) >= 11 is 0. The highest BCUT2D eigenvalue weighted by Crippen LogP contribution is 2.34. The summed E-state index contributed by atoms with van der Waals surface area (Å²) in [5.74, 6) is 0.192. The van der Waals surface area contributed by atoms with Crippen LogP contribution in [0.4, 0.5) is 5.69 Å². The summed E-state index contributed by atoms with van der Waals surface area (Å²) in [6, 6.07) is 19.4. The van der Waals surface area contributed by atoms with Crippen molar-refractivity contribution in [3.05, 3.63) is 89.0 Å². The number of anilines is 1. The topological polar surface area (TPSA) is 84.9 Å². The maximum atomic E-state index is 12.9. The van der Waals surface area contributed by atoms with Gasteiger partial charge in [0.15, 0.2) is 19.0 Å². The molecule has 0 saturated carbocycles. The van der Waals surface area contributed by atoms with Gasteiger partial charge in [-0.2, -0.15) is 0 Å². The second kappa shape index (κ2) is 10.4. The minimum Gasteiger partial charge on any atom is -0.485 e. The van der Waals surface area contributed by atoms with Gasteiger partial charge in [-0.3, -0.25) is 19.3 Å². The van der Waals surface area contributed by atoms with E-state index in [0.29, 0.717) is 29.3 Å². The molecule has 1 aliphatic rings. The molecule has 1 heterocycles. The Bertz CT molecular complexity index is 1260. The van der Waals surface area contributed by atoms with Crippen LogP contribution >= 0.6 is 0 Å². The first-order valence-electron chi connectivity index (χ1n) is 11.5. The number of nitrogens with zero attached hydrogens (tertiary/aromatic N) is 1. The number of benzene rings is 3. The van der Waals surface area contributed by atoms with Crippen LogP contribution in [0.2, 0.25) is 0 Å². The summed E-state index contributed by atoms with van der Waals surface area (Å²) in [5, 5.41) is 2.87. The van der Waals surface area contributed by atoms with Crippen molar-refractivity contribution in [1.82, 2.24) is 5.32 Å². The molecular formula is C28H28N2O5. The van der Waals surface area contributed by atoms with Crippen LogP contribution in [0, 0.1) is 13.8 Å². The first kappa shape index (κ1) is 24.0. The minimum atomic E-state index is -0.786. The van der Waals surface area contributed by atoms with E-state index in [1.807, 2.05) is 62.4 Å². The molecule has 3 aromatic rings. The lowest BCUT2D eigenvalue weighted by Gasteiger charge is -2.33. The Kier molecular flexibility index (Phi) is 7.15. The second-order valence-corrected chi connectivity index (χ2v) is 8.60. The summed E-state index contributed by atoms with van der Waals surface area (Å²) in [6.45, 7) is 5.61. The standard InChI is InChI=1S/C28H28N2O5/c1-18-9-11-25(19(2)13-18)34-16-24(31)22-10-12-26-23(14-22)30(27(32)17-35-26)20(3)28(33)29-15-21-7-5-4-6-8-21/h4-14,20H,15-17H2,1-3H3,(H,29,33)/t20-/m1/s1. The van der Waals surface area contributed by atoms with Crippen LogP contribution in [0.5, 0.6) is 11.5 Å². The van der Waals surface area contributed by atoms with Crippen LogP contribution in [0.15, 0.2) is 66.7 Å². The first-order chi connectivity index (χ1) is 16.8. The molecule has 3 aromatic carbocycles. The molecule has 7 nitrogen and oxygen atoms in total. The van der Waals surface area contributed by atoms with Gasteiger partial charge in [0, 0.05) is 12.1 Å². The Labute approximate surface area is 204 Å². The number of carbonyl (C=O) groups is 3. The van der Waals surface area contributed by atoms with Crippen LogP contribution in [-0.2, 0) is 16.1 Å². The normalized spacial score (nSPS) is 13.5. The molecule has 35 heavy (non-hydrogen) atoms. The fourth-order valence-corrected chi connectivity index (χ4v) is 4.01. The molecular weight excluding hydrogens is 444 g/mol. The second-order valence-electron chi connectivity index (χ2n) is 8.60. The number of Topliss-reactive ketones (excluding diaryl/α,β-unsaturated/α-hetero) is 1. The van der Waals surface area contributed by atoms with E-state index in [1.165, 1.54) is 4.90 Å². The number of rotatable bonds is 8. The zero-order chi connectivity index (χ0) is 24.9. The summed E-state index contributed by atoms with van der Waals surface area (Å²) in [4.78, 5) is 39.9. The quantitative estimate of drug-likeness (QED) is 0.501. The molecule has 7 heteroatoms. The number of hydrogen-bond acceptors (Lipinski definition) is 5. The maximum Gasteiger partial charge on any atom is 0.265 e. The number of ketones is 1. The van der Waals surface area contributed by atoms with Crippen LogP contribution in [-0.4, -0.2) is 36.9 Å². The van der Waals surface area contributed by atoms with Crippen LogP contribution < -0.4 is 19.7 Å². The first-order valence-corrected chi connectivity index (χ1v) is 11.5. The molecule has 0 saturated heterocycles. The monoisotopic (exact) mass is 472 g/mol. The van der Waals surface area contributed by atoms with Crippen molar-refractivity contribution in [3.63, 3.8) is 0 Å². The summed E-state index contributed by atoms with van der Waals surface area (Å²) in [7, 11) is 0. The summed E-state index contributed by atoms with van der Waals surface area (Å²) in [5.41, 5.74) is 3.78. The predicted molar refractivity (Wildman–Crippen MR) is 133 cm³/mol. The highest BCUT2D eigenvalue weighted by Gasteiger charge is 2.33. The molecule has 0 radical (unpaired) electrons. The number of amides is 2. The average Bonchev–Trinajstić information content (AvgIpc) is 2.86. The smallest absolute Gasteiger partial charge is 0.265 e. The van der Waals surface area contributed by atoms with Gasteiger partial charge in [-0.1, -0.05) is 48.0 Å². The molecule has 0 aromatic heterocycles. The molecule has 0 bridgehead atoms. The Hall–Kier alpha value is -4.13. The molecule has 1 aliphatic heterocycles. The minimum absolute atomic E-state index is 0.148. The highest BCUT2D eigenvalue weighted by molar-refractivity contribution is 6.05. The molecule has 2 amide bonds. The molecule has 0 fully saturated rings. The lowest BCUT2D eigenvalue weighted by Crippen LogP contribution is -2.51. The lowest BCUT2D eigenvalue weighted by atomic mass is 10.1. The predicted octanol–water partition coefficient (Wildman–Crippen LogP) is 4.00. The third-order valence-electron chi connectivity index (χ3n) is 5.93. The number of ether oxygens (including phenoxy) is 2. The SMILES string of the molecule is Cc1ccc(OCC(=O)c2ccc3c(c2)N([C@H](C)C(=O)NCc2ccccc2)C(=O)CO3)c(C)c1. The summed E-state index contributed by atoms with van der Waals surface area (Å²) < 4.78 is 11.3. The van der Waals surface area contributed by atoms with Gasteiger partial charge in [-0.15, -0.1) is 0 Å². The Morgan fingerprint density at radius 3 is 2.57 bits per heavy atom. The van der Waals surface area contributed by atoms with Crippen molar-refractivity contribution in [1.29, 1.82) is 0 Å². The van der Waals surface area contributed by atoms with Gasteiger partial charge in [0.1, 0.15) is 17.5 Å². The van der Waals surface area contributed by atoms with E-state index < -0.39 is 6.04 Å². The Morgan fingerprint density at radius 2 is 1.83 bits per heavy atom. The van der Waals surface area contributed by atoms with Crippen molar-refractivity contribution >= 4 is 23.3 Å². The third kappa shape index (κ3) is 5.51. The fourth-order valence-electron chi connectivity index (χ4n) is 4.01. The van der Waals surface area contributed by atoms with Gasteiger partial charge in [-0.25, -0.2) is 0 Å². The molecule has 0 unspecified atom stereocenters. The van der Waals surface area contributed by atoms with Crippen molar-refractivity contribution in [3.8, 4) is 11.5 Å². The van der Waals surface area contributed by atoms with Crippen LogP contribution in [0.3, 0.4) is 0 Å². The van der Waals surface area contributed by atoms with E-state index in [-0.39, 0.29) is 30.8 Å². The van der Waals surface area contributed by atoms with Gasteiger partial charge >= 0.3 is 0 Å². The molecule has 0 spiro atoms. The molecule has 4 rings (SSSR count). The van der Waals surface area contributed by atoms with E-state index >= 15 is 0 Å².